The summed E-state index contributed by atoms with van der Waals surface area (Å²) in [5, 5.41) is 3.99. The van der Waals surface area contributed by atoms with E-state index < -0.39 is 24.1 Å². The lowest BCUT2D eigenvalue weighted by Gasteiger charge is -2.43. The average molecular weight is 444 g/mol. The Labute approximate surface area is 186 Å². The van der Waals surface area contributed by atoms with Crippen molar-refractivity contribution in [3.63, 3.8) is 0 Å². The van der Waals surface area contributed by atoms with Crippen LogP contribution in [-0.2, 0) is 20.9 Å². The number of fused-ring (bicyclic) bond motifs is 1. The SMILES string of the molecule is C[C@H]1CC(C)(C)C[C@@]2(C1)NC(=O)N(CC(=O)OCc1cc3ccccc3nc1Cl)C2=O. The Morgan fingerprint density at radius 2 is 2.03 bits per heavy atom. The van der Waals surface area contributed by atoms with Gasteiger partial charge in [0, 0.05) is 10.9 Å². The molecule has 31 heavy (non-hydrogen) atoms. The van der Waals surface area contributed by atoms with Crippen LogP contribution in [0.3, 0.4) is 0 Å². The Balaban J connectivity index is 1.43. The van der Waals surface area contributed by atoms with E-state index in [1.54, 1.807) is 0 Å². The standard InChI is InChI=1S/C23H26ClN3O4/c1-14-9-22(2,3)13-23(10-14)20(29)27(21(30)26-23)11-18(28)31-12-16-8-15-6-4-5-7-17(15)25-19(16)24/h4-8,14H,9-13H2,1-3H3,(H,26,30)/t14-,23+/m0/s1. The monoisotopic (exact) mass is 443 g/mol. The van der Waals surface area contributed by atoms with Crippen LogP contribution in [0.1, 0.15) is 45.6 Å². The maximum Gasteiger partial charge on any atom is 0.326 e. The number of nitrogens with one attached hydrogen (secondary N) is 1. The van der Waals surface area contributed by atoms with Gasteiger partial charge in [0.05, 0.1) is 5.52 Å². The summed E-state index contributed by atoms with van der Waals surface area (Å²) in [5.74, 6) is -0.727. The zero-order valence-electron chi connectivity index (χ0n) is 17.9. The Hall–Kier alpha value is -2.67. The molecule has 1 saturated carbocycles. The van der Waals surface area contributed by atoms with E-state index in [-0.39, 0.29) is 23.1 Å². The highest BCUT2D eigenvalue weighted by atomic mass is 35.5. The number of rotatable bonds is 4. The van der Waals surface area contributed by atoms with Gasteiger partial charge in [0.15, 0.2) is 0 Å². The van der Waals surface area contributed by atoms with Gasteiger partial charge >= 0.3 is 12.0 Å². The number of imide groups is 1. The Bertz CT molecular complexity index is 1070. The van der Waals surface area contributed by atoms with Crippen LogP contribution in [0.4, 0.5) is 4.79 Å². The molecule has 1 spiro atoms. The first-order valence-electron chi connectivity index (χ1n) is 10.4. The molecule has 2 aliphatic rings. The van der Waals surface area contributed by atoms with Crippen LogP contribution in [-0.4, -0.2) is 39.9 Å². The molecule has 2 fully saturated rings. The van der Waals surface area contributed by atoms with E-state index in [2.05, 4.69) is 31.1 Å². The number of nitrogens with zero attached hydrogens (tertiary/aromatic N) is 2. The van der Waals surface area contributed by atoms with Gasteiger partial charge in [-0.25, -0.2) is 9.78 Å². The first kappa shape index (κ1) is 21.6. The summed E-state index contributed by atoms with van der Waals surface area (Å²) in [6, 6.07) is 8.75. The molecular formula is C23H26ClN3O4. The van der Waals surface area contributed by atoms with E-state index >= 15 is 0 Å². The maximum absolute atomic E-state index is 13.1. The number of hydrogen-bond acceptors (Lipinski definition) is 5. The summed E-state index contributed by atoms with van der Waals surface area (Å²) in [7, 11) is 0. The van der Waals surface area contributed by atoms with Gasteiger partial charge in [-0.05, 0) is 42.7 Å². The molecule has 7 nitrogen and oxygen atoms in total. The molecular weight excluding hydrogens is 418 g/mol. The van der Waals surface area contributed by atoms with E-state index in [9.17, 15) is 14.4 Å². The topological polar surface area (TPSA) is 88.6 Å². The number of aromatic nitrogens is 1. The lowest BCUT2D eigenvalue weighted by Crippen LogP contribution is -2.54. The third-order valence-corrected chi connectivity index (χ3v) is 6.38. The smallest absolute Gasteiger partial charge is 0.326 e. The molecule has 1 saturated heterocycles. The molecule has 1 aliphatic carbocycles. The third-order valence-electron chi connectivity index (χ3n) is 6.05. The molecule has 0 unspecified atom stereocenters. The number of ether oxygens (including phenoxy) is 1. The first-order valence-corrected chi connectivity index (χ1v) is 10.8. The molecule has 1 aromatic carbocycles. The number of halogens is 1. The summed E-state index contributed by atoms with van der Waals surface area (Å²) in [5.41, 5.74) is 0.295. The third kappa shape index (κ3) is 4.24. The molecule has 2 aromatic rings. The van der Waals surface area contributed by atoms with Crippen LogP contribution in [0.5, 0.6) is 0 Å². The van der Waals surface area contributed by atoms with Gasteiger partial charge < -0.3 is 10.1 Å². The molecule has 2 heterocycles. The van der Waals surface area contributed by atoms with E-state index in [0.29, 0.717) is 24.3 Å². The fraction of sp³-hybridized carbons (Fsp3) is 0.478. The van der Waals surface area contributed by atoms with Crippen molar-refractivity contribution in [2.24, 2.45) is 11.3 Å². The van der Waals surface area contributed by atoms with Gasteiger partial charge in [0.25, 0.3) is 5.91 Å². The van der Waals surface area contributed by atoms with Gasteiger partial charge in [-0.1, -0.05) is 50.6 Å². The first-order chi connectivity index (χ1) is 14.6. The number of carbonyl (C=O) groups excluding carboxylic acids is 3. The summed E-state index contributed by atoms with van der Waals surface area (Å²) in [6.45, 7) is 5.76. The zero-order valence-corrected chi connectivity index (χ0v) is 18.7. The molecule has 1 aliphatic heterocycles. The number of pyridine rings is 1. The molecule has 164 valence electrons. The number of urea groups is 1. The minimum absolute atomic E-state index is 0.0725. The van der Waals surface area contributed by atoms with E-state index in [4.69, 9.17) is 16.3 Å². The predicted octanol–water partition coefficient (Wildman–Crippen LogP) is 4.07. The van der Waals surface area contributed by atoms with E-state index in [1.165, 1.54) is 0 Å². The predicted molar refractivity (Wildman–Crippen MR) is 116 cm³/mol. The lowest BCUT2D eigenvalue weighted by atomic mass is 9.64. The average Bonchev–Trinajstić information content (AvgIpc) is 2.88. The number of para-hydroxylation sites is 1. The van der Waals surface area contributed by atoms with Crippen LogP contribution in [0, 0.1) is 11.3 Å². The van der Waals surface area contributed by atoms with Crippen LogP contribution in [0.25, 0.3) is 10.9 Å². The van der Waals surface area contributed by atoms with Crippen LogP contribution in [0.2, 0.25) is 5.15 Å². The molecule has 1 aromatic heterocycles. The van der Waals surface area contributed by atoms with Crippen molar-refractivity contribution in [1.82, 2.24) is 15.2 Å². The molecule has 4 rings (SSSR count). The maximum atomic E-state index is 13.1. The second-order valence-corrected chi connectivity index (χ2v) is 9.91. The lowest BCUT2D eigenvalue weighted by molar-refractivity contribution is -0.149. The van der Waals surface area contributed by atoms with Crippen molar-refractivity contribution in [1.29, 1.82) is 0 Å². The van der Waals surface area contributed by atoms with Crippen LogP contribution < -0.4 is 5.32 Å². The summed E-state index contributed by atoms with van der Waals surface area (Å²) in [4.78, 5) is 43.4. The quantitative estimate of drug-likeness (QED) is 0.437. The van der Waals surface area contributed by atoms with Gasteiger partial charge in [0.2, 0.25) is 0 Å². The van der Waals surface area contributed by atoms with Crippen molar-refractivity contribution in [2.75, 3.05) is 6.54 Å². The Morgan fingerprint density at radius 1 is 1.29 bits per heavy atom. The molecule has 1 N–H and O–H groups in total. The fourth-order valence-electron chi connectivity index (χ4n) is 5.22. The molecule has 0 radical (unpaired) electrons. The zero-order chi connectivity index (χ0) is 22.4. The van der Waals surface area contributed by atoms with Gasteiger partial charge in [0.1, 0.15) is 23.8 Å². The number of carbonyl (C=O) groups is 3. The molecule has 8 heteroatoms. The Kier molecular flexibility index (Phi) is 5.41. The van der Waals surface area contributed by atoms with Gasteiger partial charge in [-0.15, -0.1) is 0 Å². The van der Waals surface area contributed by atoms with Crippen LogP contribution >= 0.6 is 11.6 Å². The van der Waals surface area contributed by atoms with Crippen molar-refractivity contribution < 1.29 is 19.1 Å². The minimum Gasteiger partial charge on any atom is -0.459 e. The normalized spacial score (nSPS) is 25.2. The highest BCUT2D eigenvalue weighted by Gasteiger charge is 2.56. The van der Waals surface area contributed by atoms with Crippen molar-refractivity contribution in [3.05, 3.63) is 41.0 Å². The van der Waals surface area contributed by atoms with Crippen molar-refractivity contribution in [2.45, 2.75) is 52.2 Å². The van der Waals surface area contributed by atoms with Gasteiger partial charge in [-0.2, -0.15) is 0 Å². The number of hydrogen-bond donors (Lipinski definition) is 1. The highest BCUT2D eigenvalue weighted by molar-refractivity contribution is 6.30. The fourth-order valence-corrected chi connectivity index (χ4v) is 5.42. The summed E-state index contributed by atoms with van der Waals surface area (Å²) in [6.07, 6.45) is 2.12. The second-order valence-electron chi connectivity index (χ2n) is 9.55. The molecule has 2 atom stereocenters. The summed E-state index contributed by atoms with van der Waals surface area (Å²) >= 11 is 6.21. The molecule has 3 amide bonds. The second kappa shape index (κ2) is 7.79. The van der Waals surface area contributed by atoms with E-state index in [0.717, 1.165) is 22.2 Å². The summed E-state index contributed by atoms with van der Waals surface area (Å²) < 4.78 is 5.32. The number of benzene rings is 1. The number of esters is 1. The van der Waals surface area contributed by atoms with Gasteiger partial charge in [-0.3, -0.25) is 14.5 Å². The van der Waals surface area contributed by atoms with E-state index in [1.807, 2.05) is 30.3 Å². The van der Waals surface area contributed by atoms with Crippen molar-refractivity contribution in [3.8, 4) is 0 Å². The van der Waals surface area contributed by atoms with Crippen molar-refractivity contribution >= 4 is 40.4 Å². The number of amides is 3. The van der Waals surface area contributed by atoms with Crippen LogP contribution in [0.15, 0.2) is 30.3 Å². The Morgan fingerprint density at radius 3 is 2.77 bits per heavy atom. The minimum atomic E-state index is -0.940. The largest absolute Gasteiger partial charge is 0.459 e. The highest BCUT2D eigenvalue weighted by Crippen LogP contribution is 2.46. The molecule has 0 bridgehead atoms.